The number of nitrogens with zero attached hydrogens (tertiary/aromatic N) is 5. The van der Waals surface area contributed by atoms with Gasteiger partial charge in [0, 0.05) is 32.2 Å². The van der Waals surface area contributed by atoms with E-state index in [-0.39, 0.29) is 0 Å². The van der Waals surface area contributed by atoms with E-state index in [9.17, 15) is 0 Å². The lowest BCUT2D eigenvalue weighted by Gasteiger charge is -2.34. The molecule has 0 radical (unpaired) electrons. The number of nitrogens with one attached hydrogen (secondary N) is 1. The maximum Gasteiger partial charge on any atom is 0.244 e. The first-order valence-corrected chi connectivity index (χ1v) is 7.78. The molecule has 0 atom stereocenters. The fraction of sp³-hybridized carbons (Fsp3) is 0.786. The number of aromatic nitrogens is 3. The van der Waals surface area contributed by atoms with Crippen LogP contribution in [0.3, 0.4) is 0 Å². The molecule has 1 saturated carbocycles. The molecular weight excluding hydrogens is 252 g/mol. The average Bonchev–Trinajstić information content (AvgIpc) is 3.01. The van der Waals surface area contributed by atoms with E-state index in [4.69, 9.17) is 0 Å². The molecule has 1 aromatic heterocycles. The molecule has 0 aromatic carbocycles. The first-order valence-electron chi connectivity index (χ1n) is 7.78. The van der Waals surface area contributed by atoms with E-state index in [0.717, 1.165) is 38.5 Å². The Morgan fingerprint density at radius 3 is 2.65 bits per heavy atom. The van der Waals surface area contributed by atoms with Gasteiger partial charge in [0.05, 0.1) is 6.20 Å². The van der Waals surface area contributed by atoms with Gasteiger partial charge >= 0.3 is 0 Å². The van der Waals surface area contributed by atoms with E-state index in [1.807, 2.05) is 0 Å². The summed E-state index contributed by atoms with van der Waals surface area (Å²) in [6, 6.07) is 0.531. The molecule has 1 aromatic rings. The first-order chi connectivity index (χ1) is 9.85. The molecular formula is C14H24N6. The van der Waals surface area contributed by atoms with Crippen molar-refractivity contribution >= 4 is 11.8 Å². The van der Waals surface area contributed by atoms with Crippen LogP contribution in [0.15, 0.2) is 6.20 Å². The van der Waals surface area contributed by atoms with E-state index in [2.05, 4.69) is 37.2 Å². The van der Waals surface area contributed by atoms with Crippen molar-refractivity contribution in [2.24, 2.45) is 0 Å². The zero-order chi connectivity index (χ0) is 13.8. The summed E-state index contributed by atoms with van der Waals surface area (Å²) >= 11 is 0. The highest BCUT2D eigenvalue weighted by atomic mass is 15.3. The lowest BCUT2D eigenvalue weighted by Crippen LogP contribution is -2.46. The summed E-state index contributed by atoms with van der Waals surface area (Å²) < 4.78 is 0. The van der Waals surface area contributed by atoms with Crippen LogP contribution >= 0.6 is 0 Å². The largest absolute Gasteiger partial charge is 0.353 e. The van der Waals surface area contributed by atoms with Gasteiger partial charge in [0.15, 0.2) is 5.82 Å². The molecule has 0 bridgehead atoms. The molecule has 2 aliphatic rings. The summed E-state index contributed by atoms with van der Waals surface area (Å²) in [6.07, 6.45) is 6.85. The second-order valence-corrected chi connectivity index (χ2v) is 5.69. The molecule has 2 heterocycles. The first kappa shape index (κ1) is 13.5. The van der Waals surface area contributed by atoms with Crippen LogP contribution in [-0.4, -0.2) is 58.8 Å². The van der Waals surface area contributed by atoms with Gasteiger partial charge in [-0.15, -0.1) is 5.10 Å². The van der Waals surface area contributed by atoms with Crippen LogP contribution in [0.2, 0.25) is 0 Å². The van der Waals surface area contributed by atoms with E-state index in [1.54, 1.807) is 6.20 Å². The standard InChI is InChI=1S/C14H24N6/c1-2-19-7-9-20(10-8-19)13-11-15-18-14(17-13)16-12-5-3-4-6-12/h11-12H,2-10H2,1H3,(H,16,17,18). The predicted molar refractivity (Wildman–Crippen MR) is 80.0 cm³/mol. The summed E-state index contributed by atoms with van der Waals surface area (Å²) in [4.78, 5) is 9.40. The van der Waals surface area contributed by atoms with Crippen LogP contribution in [0.4, 0.5) is 11.8 Å². The number of anilines is 2. The molecule has 6 heteroatoms. The molecule has 3 rings (SSSR count). The topological polar surface area (TPSA) is 57.2 Å². The zero-order valence-electron chi connectivity index (χ0n) is 12.3. The highest BCUT2D eigenvalue weighted by Gasteiger charge is 2.19. The molecule has 20 heavy (non-hydrogen) atoms. The molecule has 2 fully saturated rings. The van der Waals surface area contributed by atoms with Crippen LogP contribution in [0.5, 0.6) is 0 Å². The van der Waals surface area contributed by atoms with Crippen molar-refractivity contribution in [1.29, 1.82) is 0 Å². The summed E-state index contributed by atoms with van der Waals surface area (Å²) in [6.45, 7) is 7.60. The minimum atomic E-state index is 0.531. The van der Waals surface area contributed by atoms with Crippen molar-refractivity contribution in [3.63, 3.8) is 0 Å². The molecule has 6 nitrogen and oxygen atoms in total. The second kappa shape index (κ2) is 6.35. The maximum absolute atomic E-state index is 4.63. The smallest absolute Gasteiger partial charge is 0.244 e. The summed E-state index contributed by atoms with van der Waals surface area (Å²) in [7, 11) is 0. The lowest BCUT2D eigenvalue weighted by molar-refractivity contribution is 0.270. The Balaban J connectivity index is 1.62. The summed E-state index contributed by atoms with van der Waals surface area (Å²) in [5.74, 6) is 1.64. The number of hydrogen-bond acceptors (Lipinski definition) is 6. The number of piperazine rings is 1. The lowest BCUT2D eigenvalue weighted by atomic mass is 10.2. The number of likely N-dealkylation sites (N-methyl/N-ethyl adjacent to an activating group) is 1. The van der Waals surface area contributed by atoms with Crippen molar-refractivity contribution in [1.82, 2.24) is 20.1 Å². The van der Waals surface area contributed by atoms with Crippen molar-refractivity contribution in [3.8, 4) is 0 Å². The molecule has 1 aliphatic heterocycles. The molecule has 110 valence electrons. The molecule has 0 amide bonds. The van der Waals surface area contributed by atoms with E-state index < -0.39 is 0 Å². The van der Waals surface area contributed by atoms with Crippen LogP contribution in [0, 0.1) is 0 Å². The van der Waals surface area contributed by atoms with E-state index in [1.165, 1.54) is 25.7 Å². The van der Waals surface area contributed by atoms with Gasteiger partial charge in [-0.1, -0.05) is 19.8 Å². The van der Waals surface area contributed by atoms with E-state index in [0.29, 0.717) is 12.0 Å². The van der Waals surface area contributed by atoms with Crippen LogP contribution in [0.25, 0.3) is 0 Å². The number of rotatable bonds is 4. The second-order valence-electron chi connectivity index (χ2n) is 5.69. The minimum absolute atomic E-state index is 0.531. The quantitative estimate of drug-likeness (QED) is 0.896. The van der Waals surface area contributed by atoms with Gasteiger partial charge in [0.2, 0.25) is 5.95 Å². The average molecular weight is 276 g/mol. The van der Waals surface area contributed by atoms with Crippen molar-refractivity contribution < 1.29 is 0 Å². The van der Waals surface area contributed by atoms with Gasteiger partial charge in [0.1, 0.15) is 0 Å². The Bertz CT molecular complexity index is 423. The SMILES string of the molecule is CCN1CCN(c2cnnc(NC3CCCC3)n2)CC1. The van der Waals surface area contributed by atoms with Crippen molar-refractivity contribution in [3.05, 3.63) is 6.20 Å². The van der Waals surface area contributed by atoms with Gasteiger partial charge in [-0.3, -0.25) is 0 Å². The van der Waals surface area contributed by atoms with Gasteiger partial charge in [0.25, 0.3) is 0 Å². The molecule has 1 saturated heterocycles. The van der Waals surface area contributed by atoms with E-state index >= 15 is 0 Å². The normalized spacial score (nSPS) is 21.4. The molecule has 0 unspecified atom stereocenters. The van der Waals surface area contributed by atoms with Crippen molar-refractivity contribution in [2.45, 2.75) is 38.6 Å². The minimum Gasteiger partial charge on any atom is -0.353 e. The Labute approximate surface area is 120 Å². The highest BCUT2D eigenvalue weighted by molar-refractivity contribution is 5.41. The summed E-state index contributed by atoms with van der Waals surface area (Å²) in [5, 5.41) is 11.6. The third-order valence-corrected chi connectivity index (χ3v) is 4.38. The Kier molecular flexibility index (Phi) is 4.30. The van der Waals surface area contributed by atoms with Crippen LogP contribution in [0.1, 0.15) is 32.6 Å². The van der Waals surface area contributed by atoms with Gasteiger partial charge in [-0.25, -0.2) is 0 Å². The van der Waals surface area contributed by atoms with Crippen LogP contribution in [-0.2, 0) is 0 Å². The number of hydrogen-bond donors (Lipinski definition) is 1. The Hall–Kier alpha value is -1.43. The zero-order valence-corrected chi connectivity index (χ0v) is 12.3. The fourth-order valence-corrected chi connectivity index (χ4v) is 3.05. The molecule has 1 N–H and O–H groups in total. The Morgan fingerprint density at radius 1 is 1.20 bits per heavy atom. The van der Waals surface area contributed by atoms with Gasteiger partial charge in [-0.2, -0.15) is 10.1 Å². The van der Waals surface area contributed by atoms with Gasteiger partial charge < -0.3 is 15.1 Å². The predicted octanol–water partition coefficient (Wildman–Crippen LogP) is 1.37. The monoisotopic (exact) mass is 276 g/mol. The Morgan fingerprint density at radius 2 is 1.95 bits per heavy atom. The summed E-state index contributed by atoms with van der Waals surface area (Å²) in [5.41, 5.74) is 0. The third-order valence-electron chi connectivity index (χ3n) is 4.38. The molecule has 0 spiro atoms. The third kappa shape index (κ3) is 3.17. The van der Waals surface area contributed by atoms with Gasteiger partial charge in [-0.05, 0) is 19.4 Å². The molecule has 1 aliphatic carbocycles. The maximum atomic E-state index is 4.63. The van der Waals surface area contributed by atoms with Crippen LogP contribution < -0.4 is 10.2 Å². The highest BCUT2D eigenvalue weighted by Crippen LogP contribution is 2.21. The fourth-order valence-electron chi connectivity index (χ4n) is 3.05. The van der Waals surface area contributed by atoms with Crippen molar-refractivity contribution in [2.75, 3.05) is 42.9 Å².